The zero-order chi connectivity index (χ0) is 24.3. The van der Waals surface area contributed by atoms with E-state index in [-0.39, 0.29) is 0 Å². The molecule has 34 heavy (non-hydrogen) atoms. The molecule has 1 aliphatic heterocycles. The molecule has 2 N–H and O–H groups in total. The normalized spacial score (nSPS) is 13.3. The number of halogens is 3. The molecule has 8 nitrogen and oxygen atoms in total. The van der Waals surface area contributed by atoms with Crippen LogP contribution in [0.4, 0.5) is 13.2 Å². The highest BCUT2D eigenvalue weighted by molar-refractivity contribution is 7.18. The summed E-state index contributed by atoms with van der Waals surface area (Å²) in [5.74, 6) is -1.46. The average molecular weight is 491 g/mol. The molecule has 0 spiro atoms. The SMILES string of the molecule is Cc1ncc2c(c1-c1noc(CCc3nc4ccccc4s3)n1)CCNC2.O=C(O)C(F)(F)F. The molecule has 178 valence electrons. The zero-order valence-electron chi connectivity index (χ0n) is 18.0. The number of nitrogens with one attached hydrogen (secondary N) is 1. The Morgan fingerprint density at radius 2 is 2.00 bits per heavy atom. The number of hydrogen-bond donors (Lipinski definition) is 2. The van der Waals surface area contributed by atoms with Crippen LogP contribution in [-0.2, 0) is 30.6 Å². The topological polar surface area (TPSA) is 114 Å². The third-order valence-electron chi connectivity index (χ3n) is 5.16. The highest BCUT2D eigenvalue weighted by Gasteiger charge is 2.38. The summed E-state index contributed by atoms with van der Waals surface area (Å²) in [7, 11) is 0. The molecule has 0 bridgehead atoms. The predicted octanol–water partition coefficient (Wildman–Crippen LogP) is 4.11. The lowest BCUT2D eigenvalue weighted by Crippen LogP contribution is -2.24. The smallest absolute Gasteiger partial charge is 0.475 e. The molecule has 0 fully saturated rings. The van der Waals surface area contributed by atoms with Crippen LogP contribution in [0.25, 0.3) is 21.6 Å². The number of aliphatic carboxylic acids is 1. The van der Waals surface area contributed by atoms with E-state index in [4.69, 9.17) is 14.4 Å². The van der Waals surface area contributed by atoms with Crippen molar-refractivity contribution in [3.8, 4) is 11.4 Å². The molecule has 0 saturated carbocycles. The molecule has 0 amide bonds. The molecule has 5 rings (SSSR count). The van der Waals surface area contributed by atoms with E-state index in [9.17, 15) is 13.2 Å². The fourth-order valence-electron chi connectivity index (χ4n) is 3.57. The summed E-state index contributed by atoms with van der Waals surface area (Å²) in [6.45, 7) is 3.82. The number of rotatable bonds is 4. The van der Waals surface area contributed by atoms with Crippen LogP contribution in [0.1, 0.15) is 27.7 Å². The first-order chi connectivity index (χ1) is 16.2. The molecule has 1 aliphatic rings. The summed E-state index contributed by atoms with van der Waals surface area (Å²) in [5.41, 5.74) is 5.55. The number of carboxylic acids is 1. The van der Waals surface area contributed by atoms with Crippen molar-refractivity contribution in [1.82, 2.24) is 25.4 Å². The van der Waals surface area contributed by atoms with Crippen LogP contribution < -0.4 is 5.32 Å². The first-order valence-corrected chi connectivity index (χ1v) is 11.2. The number of thiazole rings is 1. The summed E-state index contributed by atoms with van der Waals surface area (Å²) < 4.78 is 38.5. The lowest BCUT2D eigenvalue weighted by molar-refractivity contribution is -0.192. The van der Waals surface area contributed by atoms with Crippen LogP contribution in [0.15, 0.2) is 35.0 Å². The molecular weight excluding hydrogens is 471 g/mol. The van der Waals surface area contributed by atoms with Crippen LogP contribution in [0, 0.1) is 6.92 Å². The zero-order valence-corrected chi connectivity index (χ0v) is 18.8. The largest absolute Gasteiger partial charge is 0.490 e. The molecule has 0 unspecified atom stereocenters. The third-order valence-corrected chi connectivity index (χ3v) is 6.25. The van der Waals surface area contributed by atoms with Crippen molar-refractivity contribution in [3.05, 3.63) is 58.2 Å². The van der Waals surface area contributed by atoms with Gasteiger partial charge in [0.05, 0.1) is 15.2 Å². The second-order valence-corrected chi connectivity index (χ2v) is 8.65. The Bertz CT molecular complexity index is 1290. The number of para-hydroxylation sites is 1. The van der Waals surface area contributed by atoms with Gasteiger partial charge in [-0.1, -0.05) is 17.3 Å². The monoisotopic (exact) mass is 491 g/mol. The average Bonchev–Trinajstić information content (AvgIpc) is 3.44. The van der Waals surface area contributed by atoms with E-state index in [1.54, 1.807) is 11.3 Å². The van der Waals surface area contributed by atoms with E-state index >= 15 is 0 Å². The summed E-state index contributed by atoms with van der Waals surface area (Å²) in [6.07, 6.45) is -0.678. The van der Waals surface area contributed by atoms with E-state index < -0.39 is 12.1 Å². The number of alkyl halides is 3. The number of benzene rings is 1. The van der Waals surface area contributed by atoms with Gasteiger partial charge in [-0.3, -0.25) is 4.98 Å². The predicted molar refractivity (Wildman–Crippen MR) is 118 cm³/mol. The molecule has 3 aromatic heterocycles. The maximum atomic E-state index is 10.6. The number of aromatic nitrogens is 4. The summed E-state index contributed by atoms with van der Waals surface area (Å²) in [4.78, 5) is 22.8. The van der Waals surface area contributed by atoms with Gasteiger partial charge in [-0.25, -0.2) is 9.78 Å². The number of pyridine rings is 1. The number of nitrogens with zero attached hydrogens (tertiary/aromatic N) is 4. The summed E-state index contributed by atoms with van der Waals surface area (Å²) in [6, 6.07) is 8.21. The second kappa shape index (κ2) is 9.85. The second-order valence-electron chi connectivity index (χ2n) is 7.54. The van der Waals surface area contributed by atoms with Gasteiger partial charge in [0.2, 0.25) is 11.7 Å². The van der Waals surface area contributed by atoms with Gasteiger partial charge in [0.15, 0.2) is 0 Å². The Balaban J connectivity index is 0.000000344. The van der Waals surface area contributed by atoms with E-state index in [1.165, 1.54) is 15.8 Å². The Kier molecular flexibility index (Phi) is 6.89. The van der Waals surface area contributed by atoms with Crippen molar-refractivity contribution < 1.29 is 27.6 Å². The minimum Gasteiger partial charge on any atom is -0.475 e. The van der Waals surface area contributed by atoms with Crippen molar-refractivity contribution in [2.75, 3.05) is 6.54 Å². The lowest BCUT2D eigenvalue weighted by atomic mass is 9.95. The first-order valence-electron chi connectivity index (χ1n) is 10.4. The lowest BCUT2D eigenvalue weighted by Gasteiger charge is -2.19. The van der Waals surface area contributed by atoms with Gasteiger partial charge in [0.1, 0.15) is 0 Å². The number of carboxylic acid groups (broad SMARTS) is 1. The molecule has 0 atom stereocenters. The maximum Gasteiger partial charge on any atom is 0.490 e. The fourth-order valence-corrected chi connectivity index (χ4v) is 4.53. The van der Waals surface area contributed by atoms with Crippen molar-refractivity contribution in [3.63, 3.8) is 0 Å². The number of carbonyl (C=O) groups is 1. The van der Waals surface area contributed by atoms with E-state index in [0.29, 0.717) is 18.1 Å². The maximum absolute atomic E-state index is 10.6. The third kappa shape index (κ3) is 5.39. The Hall–Kier alpha value is -3.38. The van der Waals surface area contributed by atoms with Crippen molar-refractivity contribution >= 4 is 27.5 Å². The highest BCUT2D eigenvalue weighted by atomic mass is 32.1. The van der Waals surface area contributed by atoms with Crippen molar-refractivity contribution in [2.24, 2.45) is 0 Å². The summed E-state index contributed by atoms with van der Waals surface area (Å²) >= 11 is 1.72. The molecule has 0 radical (unpaired) electrons. The van der Waals surface area contributed by atoms with Crippen LogP contribution in [-0.4, -0.2) is 43.9 Å². The van der Waals surface area contributed by atoms with Gasteiger partial charge in [0, 0.05) is 36.8 Å². The van der Waals surface area contributed by atoms with Gasteiger partial charge >= 0.3 is 12.1 Å². The number of hydrogen-bond acceptors (Lipinski definition) is 8. The van der Waals surface area contributed by atoms with Gasteiger partial charge in [-0.2, -0.15) is 18.2 Å². The van der Waals surface area contributed by atoms with E-state index in [2.05, 4.69) is 31.5 Å². The van der Waals surface area contributed by atoms with Crippen molar-refractivity contribution in [1.29, 1.82) is 0 Å². The standard InChI is InChI=1S/C20H19N5OS.C2HF3O2/c1-12-19(14-8-9-21-10-13(14)11-22-12)20-24-17(26-25-20)6-7-18-23-15-4-2-3-5-16(15)27-18;3-2(4,5)1(6)7/h2-5,11,21H,6-10H2,1H3;(H,6,7). The van der Waals surface area contributed by atoms with E-state index in [0.717, 1.165) is 47.7 Å². The van der Waals surface area contributed by atoms with Crippen LogP contribution in [0.2, 0.25) is 0 Å². The van der Waals surface area contributed by atoms with Crippen LogP contribution >= 0.6 is 11.3 Å². The molecule has 1 aromatic carbocycles. The molecule has 0 aliphatic carbocycles. The molecule has 4 heterocycles. The Morgan fingerprint density at radius 1 is 1.24 bits per heavy atom. The first kappa shape index (κ1) is 23.8. The molecule has 0 saturated heterocycles. The van der Waals surface area contributed by atoms with Gasteiger partial charge in [-0.05, 0) is 43.1 Å². The number of fused-ring (bicyclic) bond motifs is 2. The summed E-state index contributed by atoms with van der Waals surface area (Å²) in [5, 5.41) is 15.8. The molecule has 12 heteroatoms. The van der Waals surface area contributed by atoms with Crippen LogP contribution in [0.3, 0.4) is 0 Å². The van der Waals surface area contributed by atoms with Crippen LogP contribution in [0.5, 0.6) is 0 Å². The molecular formula is C22H20F3N5O3S. The minimum absolute atomic E-state index is 0.648. The van der Waals surface area contributed by atoms with E-state index in [1.807, 2.05) is 31.3 Å². The Morgan fingerprint density at radius 3 is 2.74 bits per heavy atom. The highest BCUT2D eigenvalue weighted by Crippen LogP contribution is 2.29. The minimum atomic E-state index is -5.08. The van der Waals surface area contributed by atoms with Crippen molar-refractivity contribution in [2.45, 2.75) is 38.9 Å². The fraction of sp³-hybridized carbons (Fsp3) is 0.318. The number of aryl methyl sites for hydroxylation is 3. The Labute approximate surface area is 195 Å². The van der Waals surface area contributed by atoms with Gasteiger partial charge in [0.25, 0.3) is 0 Å². The quantitative estimate of drug-likeness (QED) is 0.438. The van der Waals surface area contributed by atoms with Gasteiger partial charge in [-0.15, -0.1) is 11.3 Å². The van der Waals surface area contributed by atoms with Gasteiger partial charge < -0.3 is 14.9 Å². The molecule has 4 aromatic rings.